The third-order valence-electron chi connectivity index (χ3n) is 3.61. The van der Waals surface area contributed by atoms with Crippen molar-refractivity contribution in [1.29, 1.82) is 0 Å². The van der Waals surface area contributed by atoms with E-state index in [1.54, 1.807) is 0 Å². The van der Waals surface area contributed by atoms with Crippen molar-refractivity contribution in [1.82, 2.24) is 10.2 Å². The topological polar surface area (TPSA) is 69.1 Å². The normalized spacial score (nSPS) is 19.0. The number of carbonyl (C=O) groups excluding carboxylic acids is 1. The molecule has 1 atom stereocenters. The first-order valence-electron chi connectivity index (χ1n) is 6.66. The first-order chi connectivity index (χ1) is 9.74. The number of amides is 1. The number of fused-ring (bicyclic) bond motifs is 1. The number of hydrogen-bond acceptors (Lipinski definition) is 5. The molecule has 2 N–H and O–H groups in total. The Morgan fingerprint density at radius 1 is 1.52 bits per heavy atom. The Kier molecular flexibility index (Phi) is 5.46. The number of anilines is 1. The number of nitrogens with zero attached hydrogens (tertiary/aromatic N) is 3. The number of nitrogens with one attached hydrogen (secondary N) is 2. The highest BCUT2D eigenvalue weighted by Crippen LogP contribution is 2.38. The van der Waals surface area contributed by atoms with Gasteiger partial charge in [0.25, 0.3) is 0 Å². The van der Waals surface area contributed by atoms with Crippen LogP contribution in [0.5, 0.6) is 0 Å². The van der Waals surface area contributed by atoms with Gasteiger partial charge in [0.05, 0.1) is 23.6 Å². The molecule has 6 nitrogen and oxygen atoms in total. The molecule has 0 aliphatic carbocycles. The number of rotatable bonds is 4. The standard InChI is InChI=1S/C13H17N5OS.ClH/c1-18(9-5-6-14-7-9)8-12(19)15-10-3-2-4-11-13(10)17-20-16-11;/h2-4,9,14H,5-8H2,1H3,(H,15,19);1H. The van der Waals surface area contributed by atoms with Crippen LogP contribution in [0.1, 0.15) is 6.42 Å². The molecule has 0 radical (unpaired) electrons. The zero-order valence-electron chi connectivity index (χ0n) is 11.7. The minimum Gasteiger partial charge on any atom is -0.323 e. The Bertz CT molecular complexity index is 596. The number of carbonyl (C=O) groups is 1. The van der Waals surface area contributed by atoms with E-state index >= 15 is 0 Å². The highest BCUT2D eigenvalue weighted by atomic mass is 35.5. The summed E-state index contributed by atoms with van der Waals surface area (Å²) in [5.41, 5.74) is 2.32. The largest absolute Gasteiger partial charge is 0.323 e. The summed E-state index contributed by atoms with van der Waals surface area (Å²) in [6.45, 7) is 2.37. The van der Waals surface area contributed by atoms with Gasteiger partial charge >= 0.3 is 0 Å². The maximum atomic E-state index is 12.1. The Balaban J connectivity index is 0.00000161. The summed E-state index contributed by atoms with van der Waals surface area (Å²) in [4.78, 5) is 14.2. The van der Waals surface area contributed by atoms with Crippen LogP contribution in [0.4, 0.5) is 17.1 Å². The second kappa shape index (κ2) is 7.13. The number of benzene rings is 1. The van der Waals surface area contributed by atoms with Crippen molar-refractivity contribution in [2.75, 3.05) is 32.0 Å². The Morgan fingerprint density at radius 2 is 2.38 bits per heavy atom. The van der Waals surface area contributed by atoms with Crippen molar-refractivity contribution in [3.63, 3.8) is 0 Å². The molecule has 0 bridgehead atoms. The summed E-state index contributed by atoms with van der Waals surface area (Å²) < 4.78 is 8.39. The molecule has 1 amide bonds. The van der Waals surface area contributed by atoms with Crippen molar-refractivity contribution in [2.24, 2.45) is 8.73 Å². The van der Waals surface area contributed by atoms with E-state index in [0.29, 0.717) is 12.6 Å². The van der Waals surface area contributed by atoms with Crippen LogP contribution in [-0.2, 0) is 16.1 Å². The van der Waals surface area contributed by atoms with Gasteiger partial charge in [-0.3, -0.25) is 9.69 Å². The van der Waals surface area contributed by atoms with Gasteiger partial charge in [-0.25, -0.2) is 0 Å². The highest BCUT2D eigenvalue weighted by molar-refractivity contribution is 7.58. The van der Waals surface area contributed by atoms with E-state index in [1.165, 1.54) is 0 Å². The van der Waals surface area contributed by atoms with E-state index in [1.807, 2.05) is 25.2 Å². The molecule has 1 aromatic carbocycles. The average molecular weight is 328 g/mol. The van der Waals surface area contributed by atoms with Crippen molar-refractivity contribution in [2.45, 2.75) is 12.5 Å². The van der Waals surface area contributed by atoms with Gasteiger partial charge in [0, 0.05) is 12.6 Å². The Hall–Kier alpha value is -1.28. The van der Waals surface area contributed by atoms with Gasteiger partial charge in [0.1, 0.15) is 11.4 Å². The quantitative estimate of drug-likeness (QED) is 0.903. The van der Waals surface area contributed by atoms with Gasteiger partial charge in [0.2, 0.25) is 5.91 Å². The molecule has 8 heteroatoms. The zero-order valence-corrected chi connectivity index (χ0v) is 13.3. The second-order valence-corrected chi connectivity index (χ2v) is 5.58. The van der Waals surface area contributed by atoms with E-state index in [-0.39, 0.29) is 18.3 Å². The lowest BCUT2D eigenvalue weighted by molar-refractivity contribution is -0.117. The lowest BCUT2D eigenvalue weighted by Crippen LogP contribution is -2.39. The molecule has 114 valence electrons. The summed E-state index contributed by atoms with van der Waals surface area (Å²) in [6.07, 6.45) is 1.09. The van der Waals surface area contributed by atoms with Crippen molar-refractivity contribution < 1.29 is 4.79 Å². The van der Waals surface area contributed by atoms with Crippen LogP contribution in [0.2, 0.25) is 0 Å². The number of halogens is 1. The van der Waals surface area contributed by atoms with Gasteiger partial charge in [-0.2, -0.15) is 8.73 Å². The van der Waals surface area contributed by atoms with Crippen LogP contribution < -0.4 is 10.6 Å². The monoisotopic (exact) mass is 327 g/mol. The molecule has 1 saturated heterocycles. The molecule has 2 aliphatic heterocycles. The molecule has 3 rings (SSSR count). The van der Waals surface area contributed by atoms with Gasteiger partial charge < -0.3 is 10.6 Å². The van der Waals surface area contributed by atoms with Gasteiger partial charge in [-0.15, -0.1) is 12.4 Å². The molecule has 1 unspecified atom stereocenters. The Morgan fingerprint density at radius 3 is 3.14 bits per heavy atom. The lowest BCUT2D eigenvalue weighted by Gasteiger charge is -2.22. The van der Waals surface area contributed by atoms with Crippen LogP contribution in [0.15, 0.2) is 26.9 Å². The van der Waals surface area contributed by atoms with Crippen LogP contribution >= 0.6 is 12.4 Å². The van der Waals surface area contributed by atoms with E-state index < -0.39 is 0 Å². The van der Waals surface area contributed by atoms with Gasteiger partial charge in [-0.1, -0.05) is 6.07 Å². The van der Waals surface area contributed by atoms with Crippen molar-refractivity contribution in [3.8, 4) is 0 Å². The lowest BCUT2D eigenvalue weighted by atomic mass is 10.2. The first kappa shape index (κ1) is 16.1. The van der Waals surface area contributed by atoms with E-state index in [4.69, 9.17) is 0 Å². The summed E-state index contributed by atoms with van der Waals surface area (Å²) in [7, 11) is 1.99. The second-order valence-electron chi connectivity index (χ2n) is 5.05. The smallest absolute Gasteiger partial charge is 0.238 e. The molecule has 1 aromatic rings. The van der Waals surface area contributed by atoms with Crippen LogP contribution in [0, 0.1) is 0 Å². The van der Waals surface area contributed by atoms with Gasteiger partial charge in [0.15, 0.2) is 0 Å². The maximum Gasteiger partial charge on any atom is 0.238 e. The highest BCUT2D eigenvalue weighted by Gasteiger charge is 2.21. The minimum atomic E-state index is -0.0140. The molecule has 21 heavy (non-hydrogen) atoms. The predicted octanol–water partition coefficient (Wildman–Crippen LogP) is 2.07. The number of hydrogen-bond donors (Lipinski definition) is 2. The first-order valence-corrected chi connectivity index (χ1v) is 7.39. The molecular weight excluding hydrogens is 310 g/mol. The van der Waals surface area contributed by atoms with E-state index in [9.17, 15) is 4.79 Å². The fourth-order valence-corrected chi connectivity index (χ4v) is 3.02. The number of likely N-dealkylation sites (N-methyl/N-ethyl adjacent to an activating group) is 1. The third kappa shape index (κ3) is 3.68. The molecule has 0 aromatic heterocycles. The summed E-state index contributed by atoms with van der Waals surface area (Å²) in [6, 6.07) is 6.07. The fourth-order valence-electron chi connectivity index (χ4n) is 2.47. The zero-order chi connectivity index (χ0) is 13.9. The van der Waals surface area contributed by atoms with E-state index in [0.717, 1.165) is 47.9 Å². The van der Waals surface area contributed by atoms with Gasteiger partial charge in [-0.05, 0) is 32.1 Å². The minimum absolute atomic E-state index is 0. The molecule has 2 aliphatic rings. The van der Waals surface area contributed by atoms with Crippen molar-refractivity contribution >= 4 is 46.7 Å². The SMILES string of the molecule is CN(CC(=O)Nc1cccc2c1N=S=N2)C1CCNC1.Cl. The van der Waals surface area contributed by atoms with Crippen LogP contribution in [-0.4, -0.2) is 43.5 Å². The maximum absolute atomic E-state index is 12.1. The third-order valence-corrected chi connectivity index (χ3v) is 4.15. The predicted molar refractivity (Wildman–Crippen MR) is 87.8 cm³/mol. The molecule has 0 spiro atoms. The molecule has 2 heterocycles. The van der Waals surface area contributed by atoms with E-state index in [2.05, 4.69) is 24.3 Å². The summed E-state index contributed by atoms with van der Waals surface area (Å²) in [5, 5.41) is 6.24. The molecule has 0 saturated carbocycles. The summed E-state index contributed by atoms with van der Waals surface area (Å²) >= 11 is 1.16. The summed E-state index contributed by atoms with van der Waals surface area (Å²) in [5.74, 6) is -0.0140. The molecular formula is C13H18ClN5OS. The average Bonchev–Trinajstić information content (AvgIpc) is 3.10. The van der Waals surface area contributed by atoms with Crippen LogP contribution in [0.25, 0.3) is 0 Å². The Labute approximate surface area is 133 Å². The van der Waals surface area contributed by atoms with Crippen LogP contribution in [0.3, 0.4) is 0 Å². The van der Waals surface area contributed by atoms with Crippen molar-refractivity contribution in [3.05, 3.63) is 18.2 Å². The fraction of sp³-hybridized carbons (Fsp3) is 0.462. The molecule has 1 fully saturated rings.